The highest BCUT2D eigenvalue weighted by atomic mass is 16.2. The largest absolute Gasteiger partial charge is 0.345 e. The number of carbonyl (C=O) groups excluding carboxylic acids is 1. The van der Waals surface area contributed by atoms with Crippen molar-refractivity contribution in [3.63, 3.8) is 0 Å². The van der Waals surface area contributed by atoms with E-state index in [-0.39, 0.29) is 11.8 Å². The van der Waals surface area contributed by atoms with E-state index in [1.807, 2.05) is 37.8 Å². The molecule has 0 radical (unpaired) electrons. The molecule has 4 rings (SSSR count). The second kappa shape index (κ2) is 9.03. The fraction of sp³-hybridized carbons (Fsp3) is 0.364. The Morgan fingerprint density at radius 2 is 1.97 bits per heavy atom. The van der Waals surface area contributed by atoms with Gasteiger partial charge in [0.25, 0.3) is 0 Å². The summed E-state index contributed by atoms with van der Waals surface area (Å²) in [6, 6.07) is 3.86. The van der Waals surface area contributed by atoms with E-state index in [0.717, 1.165) is 42.2 Å². The van der Waals surface area contributed by atoms with Crippen LogP contribution >= 0.6 is 0 Å². The zero-order valence-corrected chi connectivity index (χ0v) is 18.0. The fourth-order valence-corrected chi connectivity index (χ4v) is 3.80. The molecule has 1 fully saturated rings. The molecule has 1 amide bonds. The maximum Gasteiger partial charge on any atom is 0.246 e. The summed E-state index contributed by atoms with van der Waals surface area (Å²) < 4.78 is 0. The van der Waals surface area contributed by atoms with E-state index >= 15 is 0 Å². The van der Waals surface area contributed by atoms with Crippen molar-refractivity contribution in [2.24, 2.45) is 0 Å². The van der Waals surface area contributed by atoms with Crippen molar-refractivity contribution in [2.45, 2.75) is 39.5 Å². The highest BCUT2D eigenvalue weighted by molar-refractivity contribution is 5.91. The number of piperidine rings is 1. The molecule has 4 heterocycles. The quantitative estimate of drug-likeness (QED) is 0.612. The topological polar surface area (TPSA) is 113 Å². The van der Waals surface area contributed by atoms with Crippen LogP contribution in [-0.4, -0.2) is 53.8 Å². The molecular formula is C22H26N8O. The van der Waals surface area contributed by atoms with Gasteiger partial charge in [0.15, 0.2) is 0 Å². The molecule has 9 heteroatoms. The molecule has 0 saturated carbocycles. The molecule has 1 aliphatic heterocycles. The van der Waals surface area contributed by atoms with Crippen LogP contribution in [-0.2, 0) is 4.79 Å². The Hall–Kier alpha value is -3.62. The standard InChI is InChI=1S/C22H26N8O/c1-14-9-15(2)26-22(25-14)29-20-10-19(27-16(3)28-20)17-5-4-8-30(12-17)21(31)7-6-18-11-23-13-24-18/h6-7,9-11,13,17H,4-5,8,12H2,1-3H3,(H,23,24)(H,25,26,27,28,29)/b7-6+. The minimum Gasteiger partial charge on any atom is -0.345 e. The first kappa shape index (κ1) is 20.6. The summed E-state index contributed by atoms with van der Waals surface area (Å²) in [7, 11) is 0. The van der Waals surface area contributed by atoms with E-state index in [1.165, 1.54) is 0 Å². The lowest BCUT2D eigenvalue weighted by Crippen LogP contribution is -2.38. The zero-order chi connectivity index (χ0) is 21.8. The zero-order valence-electron chi connectivity index (χ0n) is 18.0. The van der Waals surface area contributed by atoms with Gasteiger partial charge < -0.3 is 15.2 Å². The van der Waals surface area contributed by atoms with Gasteiger partial charge in [-0.2, -0.15) is 0 Å². The third kappa shape index (κ3) is 5.30. The smallest absolute Gasteiger partial charge is 0.246 e. The summed E-state index contributed by atoms with van der Waals surface area (Å²) in [5.41, 5.74) is 3.52. The second-order valence-electron chi connectivity index (χ2n) is 7.79. The van der Waals surface area contributed by atoms with Crippen LogP contribution in [0.5, 0.6) is 0 Å². The number of imidazole rings is 1. The van der Waals surface area contributed by atoms with Gasteiger partial charge in [0.2, 0.25) is 11.9 Å². The van der Waals surface area contributed by atoms with Gasteiger partial charge in [0.1, 0.15) is 11.6 Å². The Kier molecular flexibility index (Phi) is 6.01. The van der Waals surface area contributed by atoms with Gasteiger partial charge in [0.05, 0.1) is 23.9 Å². The lowest BCUT2D eigenvalue weighted by molar-refractivity contribution is -0.127. The first-order valence-electron chi connectivity index (χ1n) is 10.4. The van der Waals surface area contributed by atoms with Crippen LogP contribution < -0.4 is 5.32 Å². The van der Waals surface area contributed by atoms with Crippen LogP contribution in [0.4, 0.5) is 11.8 Å². The maximum absolute atomic E-state index is 12.7. The van der Waals surface area contributed by atoms with Crippen LogP contribution in [0.25, 0.3) is 6.08 Å². The molecule has 1 saturated heterocycles. The maximum atomic E-state index is 12.7. The fourth-order valence-electron chi connectivity index (χ4n) is 3.80. The van der Waals surface area contributed by atoms with Crippen LogP contribution in [0.15, 0.2) is 30.7 Å². The minimum atomic E-state index is -0.00735. The second-order valence-corrected chi connectivity index (χ2v) is 7.79. The van der Waals surface area contributed by atoms with Gasteiger partial charge in [-0.25, -0.2) is 24.9 Å². The molecule has 3 aromatic heterocycles. The van der Waals surface area contributed by atoms with Crippen molar-refractivity contribution in [3.8, 4) is 0 Å². The van der Waals surface area contributed by atoms with E-state index in [4.69, 9.17) is 0 Å². The highest BCUT2D eigenvalue weighted by Gasteiger charge is 2.25. The minimum absolute atomic E-state index is 0.00735. The van der Waals surface area contributed by atoms with Crippen molar-refractivity contribution in [1.29, 1.82) is 0 Å². The molecule has 160 valence electrons. The predicted molar refractivity (Wildman–Crippen MR) is 118 cm³/mol. The summed E-state index contributed by atoms with van der Waals surface area (Å²) in [6.45, 7) is 7.11. The van der Waals surface area contributed by atoms with Crippen LogP contribution in [0.1, 0.15) is 47.4 Å². The number of carbonyl (C=O) groups is 1. The summed E-state index contributed by atoms with van der Waals surface area (Å²) in [6.07, 6.45) is 8.52. The molecule has 2 N–H and O–H groups in total. The first-order chi connectivity index (χ1) is 15.0. The number of likely N-dealkylation sites (tertiary alicyclic amines) is 1. The van der Waals surface area contributed by atoms with E-state index in [9.17, 15) is 4.79 Å². The third-order valence-corrected chi connectivity index (χ3v) is 5.16. The molecule has 0 spiro atoms. The summed E-state index contributed by atoms with van der Waals surface area (Å²) in [4.78, 5) is 39.5. The molecule has 9 nitrogen and oxygen atoms in total. The number of nitrogens with one attached hydrogen (secondary N) is 2. The van der Waals surface area contributed by atoms with Crippen molar-refractivity contribution < 1.29 is 4.79 Å². The van der Waals surface area contributed by atoms with Crippen LogP contribution in [0.2, 0.25) is 0 Å². The number of H-pyrrole nitrogens is 1. The summed E-state index contributed by atoms with van der Waals surface area (Å²) >= 11 is 0. The van der Waals surface area contributed by atoms with E-state index in [2.05, 4.69) is 35.2 Å². The van der Waals surface area contributed by atoms with Gasteiger partial charge in [-0.3, -0.25) is 4.79 Å². The highest BCUT2D eigenvalue weighted by Crippen LogP contribution is 2.27. The number of anilines is 2. The van der Waals surface area contributed by atoms with E-state index in [1.54, 1.807) is 24.7 Å². The molecule has 31 heavy (non-hydrogen) atoms. The molecule has 1 aliphatic rings. The van der Waals surface area contributed by atoms with Crippen molar-refractivity contribution in [2.75, 3.05) is 18.4 Å². The molecule has 1 atom stereocenters. The average Bonchev–Trinajstić information content (AvgIpc) is 3.24. The van der Waals surface area contributed by atoms with E-state index < -0.39 is 0 Å². The SMILES string of the molecule is Cc1cc(C)nc(Nc2cc(C3CCCN(C(=O)/C=C/c4cnc[nH]4)C3)nc(C)n2)n1. The number of rotatable bonds is 5. The Bertz CT molecular complexity index is 1070. The molecular weight excluding hydrogens is 392 g/mol. The molecule has 0 aromatic carbocycles. The number of hydrogen-bond donors (Lipinski definition) is 2. The number of aromatic amines is 1. The van der Waals surface area contributed by atoms with Crippen LogP contribution in [0.3, 0.4) is 0 Å². The number of amides is 1. The Labute approximate surface area is 181 Å². The average molecular weight is 419 g/mol. The molecule has 0 aliphatic carbocycles. The molecule has 3 aromatic rings. The number of hydrogen-bond acceptors (Lipinski definition) is 7. The number of nitrogens with zero attached hydrogens (tertiary/aromatic N) is 6. The van der Waals surface area contributed by atoms with Gasteiger partial charge in [-0.1, -0.05) is 0 Å². The Morgan fingerprint density at radius 3 is 2.71 bits per heavy atom. The van der Waals surface area contributed by atoms with Crippen LogP contribution in [0, 0.1) is 20.8 Å². The summed E-state index contributed by atoms with van der Waals surface area (Å²) in [5.74, 6) is 2.00. The monoisotopic (exact) mass is 418 g/mol. The van der Waals surface area contributed by atoms with Crippen molar-refractivity contribution in [1.82, 2.24) is 34.8 Å². The lowest BCUT2D eigenvalue weighted by Gasteiger charge is -2.32. The van der Waals surface area contributed by atoms with Gasteiger partial charge in [-0.05, 0) is 45.8 Å². The predicted octanol–water partition coefficient (Wildman–Crippen LogP) is 3.08. The molecule has 0 bridgehead atoms. The number of aromatic nitrogens is 6. The van der Waals surface area contributed by atoms with Gasteiger partial charge in [0, 0.05) is 42.5 Å². The third-order valence-electron chi connectivity index (χ3n) is 5.16. The van der Waals surface area contributed by atoms with E-state index in [0.29, 0.717) is 24.1 Å². The number of aryl methyl sites for hydroxylation is 3. The Balaban J connectivity index is 1.48. The van der Waals surface area contributed by atoms with Crippen molar-refractivity contribution >= 4 is 23.7 Å². The first-order valence-corrected chi connectivity index (χ1v) is 10.4. The van der Waals surface area contributed by atoms with Gasteiger partial charge >= 0.3 is 0 Å². The normalized spacial score (nSPS) is 16.6. The lowest BCUT2D eigenvalue weighted by atomic mass is 9.94. The molecule has 1 unspecified atom stereocenters. The van der Waals surface area contributed by atoms with Crippen molar-refractivity contribution in [3.05, 3.63) is 59.3 Å². The summed E-state index contributed by atoms with van der Waals surface area (Å²) in [5, 5.41) is 3.20. The Morgan fingerprint density at radius 1 is 1.16 bits per heavy atom. The van der Waals surface area contributed by atoms with Gasteiger partial charge in [-0.15, -0.1) is 0 Å².